The van der Waals surface area contributed by atoms with Gasteiger partial charge in [0.15, 0.2) is 5.13 Å². The smallest absolute Gasteiger partial charge is 0.240 e. The summed E-state index contributed by atoms with van der Waals surface area (Å²) in [5, 5.41) is 2.51. The first-order valence-corrected chi connectivity index (χ1v) is 5.72. The van der Waals surface area contributed by atoms with E-state index in [1.165, 1.54) is 11.3 Å². The van der Waals surface area contributed by atoms with E-state index < -0.39 is 17.9 Å². The van der Waals surface area contributed by atoms with Crippen molar-refractivity contribution in [2.24, 2.45) is 17.4 Å². The van der Waals surface area contributed by atoms with Gasteiger partial charge in [-0.2, -0.15) is 0 Å². The molecule has 0 saturated carbocycles. The average Bonchev–Trinajstić information content (AvgIpc) is 2.86. The SMILES string of the molecule is NC(=O)C1CC(C(N)=O)N(c2nccs2)C1. The summed E-state index contributed by atoms with van der Waals surface area (Å²) in [6.07, 6.45) is 2.03. The molecule has 1 aromatic rings. The van der Waals surface area contributed by atoms with Gasteiger partial charge in [-0.05, 0) is 6.42 Å². The highest BCUT2D eigenvalue weighted by atomic mass is 32.1. The molecule has 2 rings (SSSR count). The van der Waals surface area contributed by atoms with Gasteiger partial charge in [-0.3, -0.25) is 9.59 Å². The average molecular weight is 240 g/mol. The Bertz CT molecular complexity index is 406. The number of anilines is 1. The van der Waals surface area contributed by atoms with E-state index in [2.05, 4.69) is 4.98 Å². The van der Waals surface area contributed by atoms with Crippen molar-refractivity contribution in [1.82, 2.24) is 4.98 Å². The molecule has 1 fully saturated rings. The first-order valence-electron chi connectivity index (χ1n) is 4.84. The summed E-state index contributed by atoms with van der Waals surface area (Å²) >= 11 is 1.41. The molecule has 2 atom stereocenters. The lowest BCUT2D eigenvalue weighted by Crippen LogP contribution is -2.40. The molecule has 86 valence electrons. The fraction of sp³-hybridized carbons (Fsp3) is 0.444. The summed E-state index contributed by atoms with van der Waals surface area (Å²) in [7, 11) is 0. The second-order valence-electron chi connectivity index (χ2n) is 3.72. The van der Waals surface area contributed by atoms with Crippen molar-refractivity contribution in [3.63, 3.8) is 0 Å². The Morgan fingerprint density at radius 1 is 1.44 bits per heavy atom. The monoisotopic (exact) mass is 240 g/mol. The number of carbonyl (C=O) groups excluding carboxylic acids is 2. The maximum atomic E-state index is 11.3. The second kappa shape index (κ2) is 4.09. The van der Waals surface area contributed by atoms with Gasteiger partial charge < -0.3 is 16.4 Å². The van der Waals surface area contributed by atoms with Crippen LogP contribution >= 0.6 is 11.3 Å². The molecule has 7 heteroatoms. The topological polar surface area (TPSA) is 102 Å². The van der Waals surface area contributed by atoms with Gasteiger partial charge in [0, 0.05) is 18.1 Å². The quantitative estimate of drug-likeness (QED) is 0.729. The minimum absolute atomic E-state index is 0.332. The van der Waals surface area contributed by atoms with Crippen molar-refractivity contribution in [2.45, 2.75) is 12.5 Å². The molecule has 0 aromatic carbocycles. The fourth-order valence-corrected chi connectivity index (χ4v) is 2.58. The van der Waals surface area contributed by atoms with Gasteiger partial charge in [-0.15, -0.1) is 11.3 Å². The molecule has 16 heavy (non-hydrogen) atoms. The highest BCUT2D eigenvalue weighted by Gasteiger charge is 2.39. The van der Waals surface area contributed by atoms with Crippen LogP contribution < -0.4 is 16.4 Å². The van der Waals surface area contributed by atoms with Crippen molar-refractivity contribution in [3.8, 4) is 0 Å². The summed E-state index contributed by atoms with van der Waals surface area (Å²) < 4.78 is 0. The standard InChI is InChI=1S/C9H12N4O2S/c10-7(14)5-3-6(8(11)15)13(4-5)9-12-1-2-16-9/h1-2,5-6H,3-4H2,(H2,10,14)(H2,11,15). The second-order valence-corrected chi connectivity index (χ2v) is 4.59. The predicted molar refractivity (Wildman–Crippen MR) is 59.7 cm³/mol. The summed E-state index contributed by atoms with van der Waals surface area (Å²) in [5.74, 6) is -1.18. The number of carbonyl (C=O) groups is 2. The van der Waals surface area contributed by atoms with Crippen molar-refractivity contribution in [1.29, 1.82) is 0 Å². The first kappa shape index (κ1) is 10.9. The summed E-state index contributed by atoms with van der Waals surface area (Å²) in [6.45, 7) is 0.413. The van der Waals surface area contributed by atoms with Gasteiger partial charge in [-0.25, -0.2) is 4.98 Å². The molecular weight excluding hydrogens is 228 g/mol. The van der Waals surface area contributed by atoms with Crippen LogP contribution in [0.5, 0.6) is 0 Å². The zero-order valence-corrected chi connectivity index (χ0v) is 9.31. The largest absolute Gasteiger partial charge is 0.369 e. The molecule has 2 unspecified atom stereocenters. The highest BCUT2D eigenvalue weighted by Crippen LogP contribution is 2.30. The Morgan fingerprint density at radius 2 is 2.19 bits per heavy atom. The van der Waals surface area contributed by atoms with Crippen molar-refractivity contribution >= 4 is 28.3 Å². The molecule has 6 nitrogen and oxygen atoms in total. The Hall–Kier alpha value is -1.63. The minimum atomic E-state index is -0.483. The van der Waals surface area contributed by atoms with Crippen LogP contribution in [0, 0.1) is 5.92 Å². The van der Waals surface area contributed by atoms with E-state index in [1.807, 2.05) is 5.38 Å². The van der Waals surface area contributed by atoms with Crippen LogP contribution in [0.3, 0.4) is 0 Å². The van der Waals surface area contributed by atoms with E-state index in [0.717, 1.165) is 0 Å². The third-order valence-electron chi connectivity index (χ3n) is 2.70. The number of aromatic nitrogens is 1. The maximum absolute atomic E-state index is 11.3. The minimum Gasteiger partial charge on any atom is -0.369 e. The van der Waals surface area contributed by atoms with Gasteiger partial charge >= 0.3 is 0 Å². The lowest BCUT2D eigenvalue weighted by molar-refractivity contribution is -0.121. The van der Waals surface area contributed by atoms with Gasteiger partial charge in [0.2, 0.25) is 11.8 Å². The van der Waals surface area contributed by atoms with Gasteiger partial charge in [0.1, 0.15) is 6.04 Å². The first-order chi connectivity index (χ1) is 7.59. The molecule has 1 aliphatic rings. The molecule has 0 bridgehead atoms. The molecule has 2 heterocycles. The van der Waals surface area contributed by atoms with Crippen LogP contribution in [-0.2, 0) is 9.59 Å². The molecule has 1 saturated heterocycles. The highest BCUT2D eigenvalue weighted by molar-refractivity contribution is 7.13. The summed E-state index contributed by atoms with van der Waals surface area (Å²) in [5.41, 5.74) is 10.5. The van der Waals surface area contributed by atoms with Crippen molar-refractivity contribution in [3.05, 3.63) is 11.6 Å². The van der Waals surface area contributed by atoms with E-state index in [4.69, 9.17) is 11.5 Å². The van der Waals surface area contributed by atoms with Crippen molar-refractivity contribution < 1.29 is 9.59 Å². The molecule has 4 N–H and O–H groups in total. The van der Waals surface area contributed by atoms with Crippen LogP contribution in [0.4, 0.5) is 5.13 Å². The molecule has 2 amide bonds. The zero-order chi connectivity index (χ0) is 11.7. The Kier molecular flexibility index (Phi) is 2.78. The maximum Gasteiger partial charge on any atom is 0.240 e. The number of nitrogens with two attached hydrogens (primary N) is 2. The number of hydrogen-bond acceptors (Lipinski definition) is 5. The summed E-state index contributed by atoms with van der Waals surface area (Å²) in [4.78, 5) is 28.3. The Balaban J connectivity index is 2.23. The van der Waals surface area contributed by atoms with Gasteiger partial charge in [0.25, 0.3) is 0 Å². The predicted octanol–water partition coefficient (Wildman–Crippen LogP) is -0.691. The van der Waals surface area contributed by atoms with E-state index in [9.17, 15) is 9.59 Å². The number of rotatable bonds is 3. The van der Waals surface area contributed by atoms with E-state index in [1.54, 1.807) is 11.1 Å². The Labute approximate surface area is 96.2 Å². The molecular formula is C9H12N4O2S. The lowest BCUT2D eigenvalue weighted by Gasteiger charge is -2.20. The van der Waals surface area contributed by atoms with Crippen LogP contribution in [0.2, 0.25) is 0 Å². The lowest BCUT2D eigenvalue weighted by atomic mass is 10.1. The number of nitrogens with zero attached hydrogens (tertiary/aromatic N) is 2. The molecule has 0 spiro atoms. The molecule has 0 radical (unpaired) electrons. The molecule has 1 aliphatic heterocycles. The number of thiazole rings is 1. The fourth-order valence-electron chi connectivity index (χ4n) is 1.88. The molecule has 1 aromatic heterocycles. The Morgan fingerprint density at radius 3 is 2.69 bits per heavy atom. The van der Waals surface area contributed by atoms with Gasteiger partial charge in [0.05, 0.1) is 5.92 Å². The zero-order valence-electron chi connectivity index (χ0n) is 8.50. The molecule has 0 aliphatic carbocycles. The number of amides is 2. The normalized spacial score (nSPS) is 24.6. The van der Waals surface area contributed by atoms with Gasteiger partial charge in [-0.1, -0.05) is 0 Å². The van der Waals surface area contributed by atoms with Crippen LogP contribution in [0.1, 0.15) is 6.42 Å². The summed E-state index contributed by atoms with van der Waals surface area (Å²) in [6, 6.07) is -0.483. The number of hydrogen-bond donors (Lipinski definition) is 2. The number of primary amides is 2. The van der Waals surface area contributed by atoms with E-state index in [0.29, 0.717) is 18.1 Å². The van der Waals surface area contributed by atoms with Crippen LogP contribution in [0.25, 0.3) is 0 Å². The van der Waals surface area contributed by atoms with E-state index in [-0.39, 0.29) is 5.92 Å². The third kappa shape index (κ3) is 1.85. The van der Waals surface area contributed by atoms with Crippen LogP contribution in [-0.4, -0.2) is 29.4 Å². The third-order valence-corrected chi connectivity index (χ3v) is 3.51. The van der Waals surface area contributed by atoms with Crippen LogP contribution in [0.15, 0.2) is 11.6 Å². The van der Waals surface area contributed by atoms with E-state index >= 15 is 0 Å². The van der Waals surface area contributed by atoms with Crippen molar-refractivity contribution in [2.75, 3.05) is 11.4 Å².